The number of rotatable bonds is 1. The van der Waals surface area contributed by atoms with Crippen molar-refractivity contribution in [1.29, 1.82) is 0 Å². The minimum atomic E-state index is 0.0629. The maximum Gasteiger partial charge on any atom is 0.161 e. The number of nitrogens with zero attached hydrogens (tertiary/aromatic N) is 2. The van der Waals surface area contributed by atoms with Crippen LogP contribution in [0.5, 0.6) is 0 Å². The third kappa shape index (κ3) is 1.99. The van der Waals surface area contributed by atoms with Gasteiger partial charge < -0.3 is 11.1 Å². The first kappa shape index (κ1) is 9.09. The Morgan fingerprint density at radius 2 is 2.33 bits per heavy atom. The van der Waals surface area contributed by atoms with Crippen molar-refractivity contribution in [2.45, 2.75) is 0 Å². The van der Waals surface area contributed by atoms with E-state index in [0.717, 1.165) is 0 Å². The fraction of sp³-hybridized carbons (Fsp3) is 0. The third-order valence-electron chi connectivity index (χ3n) is 1.08. The maximum atomic E-state index is 5.51. The number of hydrogen-bond donors (Lipinski definition) is 2. The van der Waals surface area contributed by atoms with Crippen molar-refractivity contribution in [3.8, 4) is 0 Å². The molecular formula is C6H6Cl2N4. The Labute approximate surface area is 79.5 Å². The molecule has 1 aliphatic heterocycles. The smallest absolute Gasteiger partial charge is 0.161 e. The molecule has 0 radical (unpaired) electrons. The van der Waals surface area contributed by atoms with E-state index >= 15 is 0 Å². The van der Waals surface area contributed by atoms with Crippen LogP contribution >= 0.6 is 23.2 Å². The fourth-order valence-electron chi connectivity index (χ4n) is 0.669. The summed E-state index contributed by atoms with van der Waals surface area (Å²) in [7, 11) is 0. The monoisotopic (exact) mass is 204 g/mol. The summed E-state index contributed by atoms with van der Waals surface area (Å²) in [6.45, 7) is 3.39. The van der Waals surface area contributed by atoms with E-state index in [0.29, 0.717) is 11.5 Å². The zero-order valence-electron chi connectivity index (χ0n) is 6.01. The van der Waals surface area contributed by atoms with Gasteiger partial charge in [0, 0.05) is 0 Å². The Balaban J connectivity index is 2.98. The predicted octanol–water partition coefficient (Wildman–Crippen LogP) is 1.09. The number of hydrogen-bond acceptors (Lipinski definition) is 3. The Bertz CT molecular complexity index is 299. The van der Waals surface area contributed by atoms with Crippen LogP contribution in [0.4, 0.5) is 0 Å². The highest BCUT2D eigenvalue weighted by atomic mass is 35.5. The number of nitrogens with two attached hydrogens (primary N) is 1. The van der Waals surface area contributed by atoms with Crippen molar-refractivity contribution >= 4 is 35.4 Å². The topological polar surface area (TPSA) is 62.8 Å². The van der Waals surface area contributed by atoms with E-state index in [1.165, 1.54) is 6.34 Å². The predicted molar refractivity (Wildman–Crippen MR) is 51.1 cm³/mol. The molecule has 64 valence electrons. The molecule has 0 spiro atoms. The van der Waals surface area contributed by atoms with Crippen molar-refractivity contribution in [3.05, 3.63) is 22.6 Å². The van der Waals surface area contributed by atoms with Gasteiger partial charge in [0.15, 0.2) is 5.84 Å². The van der Waals surface area contributed by atoms with Crippen LogP contribution in [-0.2, 0) is 0 Å². The van der Waals surface area contributed by atoms with Gasteiger partial charge in [-0.2, -0.15) is 0 Å². The number of halogens is 2. The van der Waals surface area contributed by atoms with E-state index in [1.807, 2.05) is 0 Å². The largest absolute Gasteiger partial charge is 0.388 e. The van der Waals surface area contributed by atoms with Crippen molar-refractivity contribution in [2.24, 2.45) is 15.7 Å². The van der Waals surface area contributed by atoms with Gasteiger partial charge in [-0.05, 0) is 0 Å². The SMILES string of the molecule is C=C(Cl)/N=C1/NC=N/C1=C(/N)Cl. The number of nitrogens with one attached hydrogen (secondary N) is 1. The molecule has 1 rings (SSSR count). The van der Waals surface area contributed by atoms with Gasteiger partial charge in [0.05, 0.1) is 6.34 Å². The van der Waals surface area contributed by atoms with Crippen molar-refractivity contribution in [2.75, 3.05) is 0 Å². The zero-order valence-corrected chi connectivity index (χ0v) is 7.52. The van der Waals surface area contributed by atoms with Gasteiger partial charge in [-0.15, -0.1) is 0 Å². The molecule has 0 fully saturated rings. The summed E-state index contributed by atoms with van der Waals surface area (Å²) in [4.78, 5) is 7.63. The molecule has 3 N–H and O–H groups in total. The number of amidine groups is 1. The lowest BCUT2D eigenvalue weighted by atomic mass is 10.4. The molecule has 0 saturated heterocycles. The summed E-state index contributed by atoms with van der Waals surface area (Å²) >= 11 is 11.0. The lowest BCUT2D eigenvalue weighted by Crippen LogP contribution is -2.17. The molecule has 0 unspecified atom stereocenters. The minimum Gasteiger partial charge on any atom is -0.388 e. The molecule has 0 aromatic heterocycles. The van der Waals surface area contributed by atoms with E-state index in [-0.39, 0.29) is 10.3 Å². The van der Waals surface area contributed by atoms with E-state index in [2.05, 4.69) is 21.9 Å². The Kier molecular flexibility index (Phi) is 2.73. The summed E-state index contributed by atoms with van der Waals surface area (Å²) in [6, 6.07) is 0. The van der Waals surface area contributed by atoms with Gasteiger partial charge in [-0.1, -0.05) is 29.8 Å². The average Bonchev–Trinajstić information content (AvgIpc) is 2.33. The lowest BCUT2D eigenvalue weighted by molar-refractivity contribution is 1.34. The highest BCUT2D eigenvalue weighted by molar-refractivity contribution is 6.33. The lowest BCUT2D eigenvalue weighted by Gasteiger charge is -1.97. The van der Waals surface area contributed by atoms with Crippen LogP contribution in [0.3, 0.4) is 0 Å². The van der Waals surface area contributed by atoms with E-state index in [4.69, 9.17) is 28.9 Å². The molecule has 0 saturated carbocycles. The molecular weight excluding hydrogens is 199 g/mol. The van der Waals surface area contributed by atoms with E-state index < -0.39 is 0 Å². The standard InChI is InChI=1S/C6H6Cl2N4/c1-3(7)12-6-4(5(8)9)10-2-11-6/h2H,1,9H2,(H,10,11,12)/b5-4+. The van der Waals surface area contributed by atoms with Crippen LogP contribution in [0.2, 0.25) is 0 Å². The van der Waals surface area contributed by atoms with Gasteiger partial charge in [-0.25, -0.2) is 9.98 Å². The average molecular weight is 205 g/mol. The summed E-state index contributed by atoms with van der Waals surface area (Å²) < 4.78 is 0. The van der Waals surface area contributed by atoms with Crippen molar-refractivity contribution in [3.63, 3.8) is 0 Å². The molecule has 0 aromatic carbocycles. The van der Waals surface area contributed by atoms with Crippen LogP contribution in [0.15, 0.2) is 32.6 Å². The second-order valence-electron chi connectivity index (χ2n) is 1.94. The summed E-state index contributed by atoms with van der Waals surface area (Å²) in [5.41, 5.74) is 5.68. The van der Waals surface area contributed by atoms with Crippen LogP contribution in [0.1, 0.15) is 0 Å². The quantitative estimate of drug-likeness (QED) is 0.629. The first-order chi connectivity index (χ1) is 5.61. The van der Waals surface area contributed by atoms with Crippen LogP contribution < -0.4 is 11.1 Å². The zero-order chi connectivity index (χ0) is 9.14. The van der Waals surface area contributed by atoms with Gasteiger partial charge >= 0.3 is 0 Å². The second kappa shape index (κ2) is 3.60. The van der Waals surface area contributed by atoms with Crippen LogP contribution in [-0.4, -0.2) is 12.2 Å². The molecule has 0 aromatic rings. The van der Waals surface area contributed by atoms with Crippen molar-refractivity contribution in [1.82, 2.24) is 5.32 Å². The van der Waals surface area contributed by atoms with E-state index in [9.17, 15) is 0 Å². The highest BCUT2D eigenvalue weighted by Gasteiger charge is 2.13. The first-order valence-electron chi connectivity index (χ1n) is 2.99. The van der Waals surface area contributed by atoms with E-state index in [1.54, 1.807) is 0 Å². The van der Waals surface area contributed by atoms with Gasteiger partial charge in [0.2, 0.25) is 0 Å². The fourth-order valence-corrected chi connectivity index (χ4v) is 0.892. The maximum absolute atomic E-state index is 5.51. The molecule has 0 atom stereocenters. The Morgan fingerprint density at radius 3 is 2.83 bits per heavy atom. The van der Waals surface area contributed by atoms with Gasteiger partial charge in [0.1, 0.15) is 16.0 Å². The molecule has 1 aliphatic rings. The number of aliphatic imine (C=N–C) groups is 2. The summed E-state index contributed by atoms with van der Waals surface area (Å²) in [5.74, 6) is 0.405. The third-order valence-corrected chi connectivity index (χ3v) is 1.34. The first-order valence-corrected chi connectivity index (χ1v) is 3.74. The molecule has 1 heterocycles. The van der Waals surface area contributed by atoms with Crippen LogP contribution in [0.25, 0.3) is 0 Å². The molecule has 6 heteroatoms. The Morgan fingerprint density at radius 1 is 1.67 bits per heavy atom. The normalized spacial score (nSPS) is 22.7. The van der Waals surface area contributed by atoms with Gasteiger partial charge in [-0.3, -0.25) is 0 Å². The van der Waals surface area contributed by atoms with Crippen LogP contribution in [0, 0.1) is 0 Å². The highest BCUT2D eigenvalue weighted by Crippen LogP contribution is 2.11. The molecule has 0 amide bonds. The Hall–Kier alpha value is -1.00. The van der Waals surface area contributed by atoms with Gasteiger partial charge in [0.25, 0.3) is 0 Å². The summed E-state index contributed by atoms with van der Waals surface area (Å²) in [5, 5.41) is 2.91. The molecule has 0 bridgehead atoms. The molecule has 4 nitrogen and oxygen atoms in total. The molecule has 12 heavy (non-hydrogen) atoms. The molecule has 0 aliphatic carbocycles. The summed E-state index contributed by atoms with van der Waals surface area (Å²) in [6.07, 6.45) is 1.42. The van der Waals surface area contributed by atoms with Crippen molar-refractivity contribution < 1.29 is 0 Å². The minimum absolute atomic E-state index is 0.0629. The second-order valence-corrected chi connectivity index (χ2v) is 2.78.